The van der Waals surface area contributed by atoms with Gasteiger partial charge in [-0.1, -0.05) is 29.8 Å². The third-order valence-electron chi connectivity index (χ3n) is 2.78. The Morgan fingerprint density at radius 3 is 2.84 bits per heavy atom. The topological polar surface area (TPSA) is 25.2 Å². The number of benzene rings is 1. The fourth-order valence-electron chi connectivity index (χ4n) is 1.79. The van der Waals surface area contributed by atoms with E-state index in [0.29, 0.717) is 6.54 Å². The maximum atomic E-state index is 6.11. The zero-order valence-electron chi connectivity index (χ0n) is 10.7. The van der Waals surface area contributed by atoms with Crippen molar-refractivity contribution in [3.63, 3.8) is 0 Å². The van der Waals surface area contributed by atoms with E-state index in [1.165, 1.54) is 0 Å². The van der Waals surface area contributed by atoms with E-state index in [1.807, 2.05) is 43.3 Å². The van der Waals surface area contributed by atoms with Crippen LogP contribution in [0.1, 0.15) is 11.3 Å². The van der Waals surface area contributed by atoms with Crippen molar-refractivity contribution in [3.8, 4) is 11.3 Å². The van der Waals surface area contributed by atoms with E-state index in [0.717, 1.165) is 34.2 Å². The van der Waals surface area contributed by atoms with Gasteiger partial charge in [0, 0.05) is 17.1 Å². The molecule has 1 heterocycles. The standard InChI is InChI=1S/C15H16ClNO.ClH/c1-3-9-17-10-12-7-8-15(18-12)13-5-4-6-14(16)11(13)2;/h3-8,17H,1,9-10H2,2H3;1H/p-1. The lowest BCUT2D eigenvalue weighted by Crippen LogP contribution is -3.00. The fraction of sp³-hybridized carbons (Fsp3) is 0.200. The number of hydrogen-bond donors (Lipinski definition) is 1. The summed E-state index contributed by atoms with van der Waals surface area (Å²) in [5, 5.41) is 3.96. The summed E-state index contributed by atoms with van der Waals surface area (Å²) >= 11 is 6.11. The SMILES string of the molecule is C=CCNCc1ccc(-c2cccc(Cl)c2C)o1.[Cl-]. The molecule has 0 aliphatic carbocycles. The summed E-state index contributed by atoms with van der Waals surface area (Å²) in [6.45, 7) is 7.12. The van der Waals surface area contributed by atoms with Crippen LogP contribution in [0, 0.1) is 6.92 Å². The highest BCUT2D eigenvalue weighted by molar-refractivity contribution is 6.31. The van der Waals surface area contributed by atoms with Crippen LogP contribution in [0.3, 0.4) is 0 Å². The number of nitrogens with one attached hydrogen (secondary N) is 1. The van der Waals surface area contributed by atoms with Gasteiger partial charge in [0.25, 0.3) is 0 Å². The third-order valence-corrected chi connectivity index (χ3v) is 3.19. The summed E-state index contributed by atoms with van der Waals surface area (Å²) in [5.74, 6) is 1.76. The van der Waals surface area contributed by atoms with Crippen LogP contribution in [-0.2, 0) is 6.54 Å². The maximum Gasteiger partial charge on any atom is 0.134 e. The van der Waals surface area contributed by atoms with Crippen LogP contribution in [-0.4, -0.2) is 6.54 Å². The first kappa shape index (κ1) is 15.8. The first-order chi connectivity index (χ1) is 8.72. The second-order valence-electron chi connectivity index (χ2n) is 4.10. The lowest BCUT2D eigenvalue weighted by Gasteiger charge is -2.04. The zero-order chi connectivity index (χ0) is 13.0. The molecule has 0 radical (unpaired) electrons. The van der Waals surface area contributed by atoms with E-state index in [9.17, 15) is 0 Å². The highest BCUT2D eigenvalue weighted by Crippen LogP contribution is 2.29. The summed E-state index contributed by atoms with van der Waals surface area (Å²) in [7, 11) is 0. The van der Waals surface area contributed by atoms with Gasteiger partial charge in [-0.3, -0.25) is 0 Å². The minimum absolute atomic E-state index is 0. The minimum Gasteiger partial charge on any atom is -1.00 e. The second-order valence-corrected chi connectivity index (χ2v) is 4.51. The molecule has 0 unspecified atom stereocenters. The first-order valence-corrected chi connectivity index (χ1v) is 6.26. The van der Waals surface area contributed by atoms with Gasteiger partial charge in [-0.05, 0) is 30.7 Å². The maximum absolute atomic E-state index is 6.11. The van der Waals surface area contributed by atoms with Gasteiger partial charge in [0.15, 0.2) is 0 Å². The van der Waals surface area contributed by atoms with Gasteiger partial charge in [0.1, 0.15) is 11.5 Å². The molecule has 0 aliphatic heterocycles. The Morgan fingerprint density at radius 1 is 1.32 bits per heavy atom. The number of rotatable bonds is 5. The van der Waals surface area contributed by atoms with Crippen molar-refractivity contribution in [2.24, 2.45) is 0 Å². The monoisotopic (exact) mass is 296 g/mol. The van der Waals surface area contributed by atoms with Crippen LogP contribution in [0.25, 0.3) is 11.3 Å². The summed E-state index contributed by atoms with van der Waals surface area (Å²) in [4.78, 5) is 0. The average molecular weight is 297 g/mol. The van der Waals surface area contributed by atoms with Gasteiger partial charge in [-0.15, -0.1) is 6.58 Å². The molecule has 4 heteroatoms. The molecule has 19 heavy (non-hydrogen) atoms. The Balaban J connectivity index is 0.00000180. The first-order valence-electron chi connectivity index (χ1n) is 5.88. The molecule has 1 aromatic heterocycles. The smallest absolute Gasteiger partial charge is 0.134 e. The summed E-state index contributed by atoms with van der Waals surface area (Å²) in [6, 6.07) is 9.79. The van der Waals surface area contributed by atoms with E-state index in [4.69, 9.17) is 16.0 Å². The van der Waals surface area contributed by atoms with E-state index in [1.54, 1.807) is 0 Å². The second kappa shape index (κ2) is 7.39. The molecule has 0 bridgehead atoms. The van der Waals surface area contributed by atoms with Gasteiger partial charge in [0.05, 0.1) is 6.54 Å². The van der Waals surface area contributed by atoms with E-state index >= 15 is 0 Å². The van der Waals surface area contributed by atoms with Crippen molar-refractivity contribution < 1.29 is 16.8 Å². The highest BCUT2D eigenvalue weighted by Gasteiger charge is 2.08. The molecular formula is C15H16Cl2NO-. The van der Waals surface area contributed by atoms with E-state index in [2.05, 4.69) is 11.9 Å². The van der Waals surface area contributed by atoms with Crippen molar-refractivity contribution in [2.75, 3.05) is 6.54 Å². The van der Waals surface area contributed by atoms with Gasteiger partial charge < -0.3 is 22.1 Å². The summed E-state index contributed by atoms with van der Waals surface area (Å²) in [5.41, 5.74) is 2.08. The number of halogens is 2. The van der Waals surface area contributed by atoms with Gasteiger partial charge in [-0.2, -0.15) is 0 Å². The van der Waals surface area contributed by atoms with Crippen LogP contribution in [0.2, 0.25) is 5.02 Å². The summed E-state index contributed by atoms with van der Waals surface area (Å²) in [6.07, 6.45) is 1.82. The minimum atomic E-state index is 0. The summed E-state index contributed by atoms with van der Waals surface area (Å²) < 4.78 is 5.80. The van der Waals surface area contributed by atoms with Crippen molar-refractivity contribution >= 4 is 11.6 Å². The van der Waals surface area contributed by atoms with Crippen LogP contribution in [0.5, 0.6) is 0 Å². The molecule has 0 saturated carbocycles. The predicted molar refractivity (Wildman–Crippen MR) is 75.8 cm³/mol. The molecule has 1 aromatic carbocycles. The third kappa shape index (κ3) is 3.87. The van der Waals surface area contributed by atoms with E-state index in [-0.39, 0.29) is 12.4 Å². The lowest BCUT2D eigenvalue weighted by molar-refractivity contribution is -0.00000419. The molecule has 1 N–H and O–H groups in total. The predicted octanol–water partition coefficient (Wildman–Crippen LogP) is 1.19. The Hall–Kier alpha value is -1.22. The van der Waals surface area contributed by atoms with E-state index < -0.39 is 0 Å². The molecular weight excluding hydrogens is 281 g/mol. The normalized spacial score (nSPS) is 10.0. The quantitative estimate of drug-likeness (QED) is 0.662. The largest absolute Gasteiger partial charge is 1.00 e. The molecule has 0 fully saturated rings. The van der Waals surface area contributed by atoms with Crippen LogP contribution < -0.4 is 17.7 Å². The fourth-order valence-corrected chi connectivity index (χ4v) is 1.96. The Labute approximate surface area is 124 Å². The van der Waals surface area contributed by atoms with Crippen LogP contribution >= 0.6 is 11.6 Å². The molecule has 2 aromatic rings. The molecule has 0 aliphatic rings. The van der Waals surface area contributed by atoms with Crippen molar-refractivity contribution in [1.82, 2.24) is 5.32 Å². The Kier molecular flexibility index (Phi) is 6.16. The van der Waals surface area contributed by atoms with Crippen LogP contribution in [0.4, 0.5) is 0 Å². The number of hydrogen-bond acceptors (Lipinski definition) is 2. The molecule has 2 rings (SSSR count). The van der Waals surface area contributed by atoms with Crippen molar-refractivity contribution in [2.45, 2.75) is 13.5 Å². The molecule has 0 atom stereocenters. The molecule has 0 saturated heterocycles. The number of furan rings is 1. The Morgan fingerprint density at radius 2 is 2.11 bits per heavy atom. The van der Waals surface area contributed by atoms with Crippen molar-refractivity contribution in [3.05, 3.63) is 59.3 Å². The molecule has 0 spiro atoms. The van der Waals surface area contributed by atoms with Crippen molar-refractivity contribution in [1.29, 1.82) is 0 Å². The Bertz CT molecular complexity index is 549. The average Bonchev–Trinajstić information content (AvgIpc) is 2.82. The lowest BCUT2D eigenvalue weighted by atomic mass is 10.1. The zero-order valence-corrected chi connectivity index (χ0v) is 12.3. The van der Waals surface area contributed by atoms with Gasteiger partial charge in [0.2, 0.25) is 0 Å². The van der Waals surface area contributed by atoms with Crippen LogP contribution in [0.15, 0.2) is 47.4 Å². The molecule has 0 amide bonds. The highest BCUT2D eigenvalue weighted by atomic mass is 35.5. The molecule has 2 nitrogen and oxygen atoms in total. The molecule has 102 valence electrons. The van der Waals surface area contributed by atoms with Gasteiger partial charge in [-0.25, -0.2) is 0 Å². The van der Waals surface area contributed by atoms with Gasteiger partial charge >= 0.3 is 0 Å².